The fourth-order valence-corrected chi connectivity index (χ4v) is 7.34. The van der Waals surface area contributed by atoms with Gasteiger partial charge in [-0.25, -0.2) is 0 Å². The molecule has 0 saturated carbocycles. The number of amides is 2. The van der Waals surface area contributed by atoms with Crippen LogP contribution in [0.4, 0.5) is 0 Å². The van der Waals surface area contributed by atoms with Crippen molar-refractivity contribution >= 4 is 46.7 Å². The smallest absolute Gasteiger partial charge is 0.339 e. The summed E-state index contributed by atoms with van der Waals surface area (Å²) in [6.45, 7) is 0.946. The van der Waals surface area contributed by atoms with E-state index in [0.717, 1.165) is 10.8 Å². The molecule has 0 spiro atoms. The summed E-state index contributed by atoms with van der Waals surface area (Å²) in [4.78, 5) is 66.0. The lowest BCUT2D eigenvalue weighted by Crippen LogP contribution is -2.47. The number of carbonyl (C=O) groups is 3. The van der Waals surface area contributed by atoms with Gasteiger partial charge < -0.3 is 19.6 Å². The zero-order chi connectivity index (χ0) is 31.7. The van der Waals surface area contributed by atoms with Crippen LogP contribution in [0.25, 0.3) is 21.5 Å². The topological polar surface area (TPSA) is 115 Å². The normalized spacial score (nSPS) is 14.8. The molecule has 2 N–H and O–H groups in total. The monoisotopic (exact) mass is 620 g/mol. The van der Waals surface area contributed by atoms with Crippen LogP contribution in [-0.4, -0.2) is 63.4 Å². The summed E-state index contributed by atoms with van der Waals surface area (Å²) >= 11 is 0. The van der Waals surface area contributed by atoms with Gasteiger partial charge in [0.25, 0.3) is 11.8 Å². The fraction of sp³-hybridized carbons (Fsp3) is 0.194. The first-order valence-electron chi connectivity index (χ1n) is 14.8. The lowest BCUT2D eigenvalue weighted by atomic mass is 9.91. The first kappa shape index (κ1) is 30.4. The van der Waals surface area contributed by atoms with E-state index in [9.17, 15) is 28.7 Å². The van der Waals surface area contributed by atoms with E-state index in [1.165, 1.54) is 0 Å². The minimum absolute atomic E-state index is 0.0384. The number of ketones is 1. The zero-order valence-electron chi connectivity index (χ0n) is 24.7. The summed E-state index contributed by atoms with van der Waals surface area (Å²) in [6.07, 6.45) is 1.11. The highest BCUT2D eigenvalue weighted by Crippen LogP contribution is 2.55. The third-order valence-corrected chi connectivity index (χ3v) is 9.91. The van der Waals surface area contributed by atoms with Crippen molar-refractivity contribution in [1.29, 1.82) is 0 Å². The highest BCUT2D eigenvalue weighted by molar-refractivity contribution is 7.53. The molecule has 5 aromatic rings. The van der Waals surface area contributed by atoms with Gasteiger partial charge >= 0.3 is 7.60 Å². The van der Waals surface area contributed by atoms with Crippen LogP contribution in [0, 0.1) is 0 Å². The molecular formula is C36H33N2O6P. The van der Waals surface area contributed by atoms with Crippen LogP contribution in [0.15, 0.2) is 109 Å². The number of benzene rings is 5. The van der Waals surface area contributed by atoms with Crippen LogP contribution >= 0.6 is 7.60 Å². The summed E-state index contributed by atoms with van der Waals surface area (Å²) in [5, 5.41) is 2.71. The Morgan fingerprint density at radius 2 is 1.31 bits per heavy atom. The second-order valence-corrected chi connectivity index (χ2v) is 13.2. The predicted molar refractivity (Wildman–Crippen MR) is 174 cm³/mol. The van der Waals surface area contributed by atoms with Crippen LogP contribution in [0.3, 0.4) is 0 Å². The molecule has 2 amide bonds. The predicted octanol–water partition coefficient (Wildman–Crippen LogP) is 6.47. The number of rotatable bonds is 7. The van der Waals surface area contributed by atoms with Crippen molar-refractivity contribution in [2.24, 2.45) is 0 Å². The van der Waals surface area contributed by atoms with Gasteiger partial charge in [-0.15, -0.1) is 0 Å². The van der Waals surface area contributed by atoms with E-state index in [-0.39, 0.29) is 28.6 Å². The van der Waals surface area contributed by atoms with Gasteiger partial charge in [0.1, 0.15) is 5.66 Å². The zero-order valence-corrected chi connectivity index (χ0v) is 25.6. The summed E-state index contributed by atoms with van der Waals surface area (Å²) in [5.74, 6) is -1.29. The fourth-order valence-electron chi connectivity index (χ4n) is 6.31. The van der Waals surface area contributed by atoms with E-state index >= 15 is 0 Å². The Hall–Kier alpha value is -4.62. The van der Waals surface area contributed by atoms with Crippen molar-refractivity contribution in [3.05, 3.63) is 131 Å². The molecule has 45 heavy (non-hydrogen) atoms. The lowest BCUT2D eigenvalue weighted by molar-refractivity contribution is 0.0567. The van der Waals surface area contributed by atoms with E-state index < -0.39 is 24.9 Å². The van der Waals surface area contributed by atoms with Crippen molar-refractivity contribution in [3.8, 4) is 0 Å². The first-order valence-corrected chi connectivity index (χ1v) is 16.5. The molecule has 0 bridgehead atoms. The molecule has 1 atom stereocenters. The molecule has 5 aromatic carbocycles. The Morgan fingerprint density at radius 3 is 1.96 bits per heavy atom. The molecular weight excluding hydrogens is 587 g/mol. The summed E-state index contributed by atoms with van der Waals surface area (Å²) in [7, 11) is -3.36. The van der Waals surface area contributed by atoms with Gasteiger partial charge in [0, 0.05) is 37.3 Å². The highest BCUT2D eigenvalue weighted by atomic mass is 31.2. The third-order valence-electron chi connectivity index (χ3n) is 8.72. The molecule has 1 fully saturated rings. The minimum Gasteiger partial charge on any atom is -0.339 e. The van der Waals surface area contributed by atoms with E-state index in [2.05, 4.69) is 0 Å². The average molecular weight is 621 g/mol. The van der Waals surface area contributed by atoms with Crippen LogP contribution in [-0.2, 0) is 4.57 Å². The number of hydrogen-bond acceptors (Lipinski definition) is 4. The van der Waals surface area contributed by atoms with Gasteiger partial charge in [-0.05, 0) is 64.2 Å². The van der Waals surface area contributed by atoms with E-state index in [0.29, 0.717) is 42.3 Å². The number of carbonyl (C=O) groups excluding carboxylic acids is 3. The van der Waals surface area contributed by atoms with Gasteiger partial charge in [0.15, 0.2) is 5.78 Å². The molecule has 1 aliphatic heterocycles. The molecule has 0 unspecified atom stereocenters. The van der Waals surface area contributed by atoms with Crippen molar-refractivity contribution in [1.82, 2.24) is 9.80 Å². The van der Waals surface area contributed by atoms with Crippen LogP contribution in [0.5, 0.6) is 0 Å². The molecule has 1 saturated heterocycles. The molecule has 1 heterocycles. The number of nitrogens with zero attached hydrogens (tertiary/aromatic N) is 2. The van der Waals surface area contributed by atoms with Crippen LogP contribution in [0.1, 0.15) is 55.1 Å². The maximum atomic E-state index is 14.3. The molecule has 8 nitrogen and oxygen atoms in total. The average Bonchev–Trinajstić information content (AvgIpc) is 3.06. The minimum atomic E-state index is -5.04. The van der Waals surface area contributed by atoms with E-state index in [1.54, 1.807) is 77.5 Å². The number of Topliss-reactive ketones (excluding diaryl/α,β-unsaturated/α-hetero) is 1. The number of piperidine rings is 1. The number of fused-ring (bicyclic) bond motifs is 2. The van der Waals surface area contributed by atoms with Crippen molar-refractivity contribution < 1.29 is 28.7 Å². The lowest BCUT2D eigenvalue weighted by Gasteiger charge is -2.37. The van der Waals surface area contributed by atoms with Crippen molar-refractivity contribution in [2.75, 3.05) is 20.1 Å². The summed E-state index contributed by atoms with van der Waals surface area (Å²) in [6, 6.07) is 31.5. The Morgan fingerprint density at radius 1 is 0.756 bits per heavy atom. The van der Waals surface area contributed by atoms with Gasteiger partial charge in [-0.2, -0.15) is 0 Å². The Bertz CT molecular complexity index is 1960. The van der Waals surface area contributed by atoms with E-state index in [1.807, 2.05) is 48.5 Å². The Kier molecular flexibility index (Phi) is 8.38. The molecule has 0 radical (unpaired) electrons. The van der Waals surface area contributed by atoms with E-state index in [4.69, 9.17) is 0 Å². The van der Waals surface area contributed by atoms with Gasteiger partial charge in [-0.3, -0.25) is 18.9 Å². The van der Waals surface area contributed by atoms with Crippen LogP contribution in [0.2, 0.25) is 0 Å². The largest absolute Gasteiger partial charge is 0.340 e. The van der Waals surface area contributed by atoms with Gasteiger partial charge in [0.05, 0.1) is 5.56 Å². The molecule has 1 aliphatic rings. The maximum Gasteiger partial charge on any atom is 0.340 e. The molecule has 0 aromatic heterocycles. The second-order valence-electron chi connectivity index (χ2n) is 11.5. The number of hydrogen-bond donors (Lipinski definition) is 2. The maximum absolute atomic E-state index is 14.3. The molecule has 9 heteroatoms. The molecule has 0 aliphatic carbocycles. The molecule has 228 valence electrons. The van der Waals surface area contributed by atoms with Crippen molar-refractivity contribution in [3.63, 3.8) is 0 Å². The first-order chi connectivity index (χ1) is 21.6. The van der Waals surface area contributed by atoms with Crippen LogP contribution < -0.4 is 0 Å². The quantitative estimate of drug-likeness (QED) is 0.159. The Labute approximate surface area is 261 Å². The molecule has 6 rings (SSSR count). The standard InChI is InChI=1S/C36H33N2O6P/c1-37(28-18-20-38(21-19-28)35(40)25-11-3-2-4-12-25)36(41)32-23-27-14-6-5-13-26(27)22-31(32)33(39)34(45(42,43)44)30-17-9-15-24-10-7-8-16-29(24)30/h2-17,22-23,28,34H,18-21H2,1H3,(H2,42,43,44)/t34-/m1/s1. The summed E-state index contributed by atoms with van der Waals surface area (Å²) in [5.41, 5.74) is -0.924. The number of likely N-dealkylation sites (tertiary alicyclic amines) is 1. The second kappa shape index (κ2) is 12.4. The van der Waals surface area contributed by atoms with Crippen molar-refractivity contribution in [2.45, 2.75) is 24.5 Å². The highest BCUT2D eigenvalue weighted by Gasteiger charge is 2.40. The Balaban J connectivity index is 1.34. The summed E-state index contributed by atoms with van der Waals surface area (Å²) < 4.78 is 13.1. The van der Waals surface area contributed by atoms with Gasteiger partial charge in [-0.1, -0.05) is 84.9 Å². The third kappa shape index (κ3) is 6.05. The van der Waals surface area contributed by atoms with Gasteiger partial charge in [0.2, 0.25) is 0 Å². The SMILES string of the molecule is CN(C(=O)c1cc2ccccc2cc1C(=O)[C@@H](c1cccc2ccccc12)P(=O)(O)O)C1CCN(C(=O)c2ccccc2)CC1.